The van der Waals surface area contributed by atoms with E-state index >= 15 is 0 Å². The number of hydrogen-bond donors (Lipinski definition) is 3. The van der Waals surface area contributed by atoms with Gasteiger partial charge in [-0.15, -0.1) is 11.6 Å². The number of nitrogens with one attached hydrogen (secondary N) is 2. The van der Waals surface area contributed by atoms with Gasteiger partial charge in [-0.2, -0.15) is 0 Å². The van der Waals surface area contributed by atoms with Crippen molar-refractivity contribution < 1.29 is 14.7 Å². The first-order chi connectivity index (χ1) is 22.5. The zero-order valence-electron chi connectivity index (χ0n) is 25.8. The predicted octanol–water partition coefficient (Wildman–Crippen LogP) is 6.52. The van der Waals surface area contributed by atoms with E-state index in [-0.39, 0.29) is 23.6 Å². The molecule has 0 saturated carbocycles. The van der Waals surface area contributed by atoms with Gasteiger partial charge in [0.25, 0.3) is 0 Å². The molecule has 0 aliphatic carbocycles. The minimum Gasteiger partial charge on any atom is -0.508 e. The zero-order valence-corrected chi connectivity index (χ0v) is 26.5. The molecule has 1 unspecified atom stereocenters. The number of halogens is 1. The number of phenols is 1. The summed E-state index contributed by atoms with van der Waals surface area (Å²) >= 11 is 6.32. The number of benzene rings is 4. The molecule has 4 aromatic carbocycles. The number of amides is 2. The number of allylic oxidation sites excluding steroid dienone is 1. The molecule has 0 bridgehead atoms. The van der Waals surface area contributed by atoms with Crippen molar-refractivity contribution in [1.29, 1.82) is 0 Å². The first kappa shape index (κ1) is 31.4. The molecule has 6 rings (SSSR count). The number of alkyl halides is 1. The average molecular weight is 635 g/mol. The molecule has 236 valence electrons. The van der Waals surface area contributed by atoms with Gasteiger partial charge in [0.1, 0.15) is 11.8 Å². The minimum absolute atomic E-state index is 0.206. The van der Waals surface area contributed by atoms with E-state index in [1.807, 2.05) is 30.3 Å². The van der Waals surface area contributed by atoms with Crippen LogP contribution in [-0.2, 0) is 16.1 Å². The van der Waals surface area contributed by atoms with Gasteiger partial charge in [0.15, 0.2) is 0 Å². The van der Waals surface area contributed by atoms with E-state index in [2.05, 4.69) is 81.1 Å². The zero-order chi connectivity index (χ0) is 31.9. The Morgan fingerprint density at radius 2 is 1.52 bits per heavy atom. The van der Waals surface area contributed by atoms with Gasteiger partial charge in [0, 0.05) is 56.4 Å². The van der Waals surface area contributed by atoms with Crippen LogP contribution in [0.25, 0.3) is 11.1 Å². The maximum atomic E-state index is 12.2. The lowest BCUT2D eigenvalue weighted by Crippen LogP contribution is -2.47. The standard InChI is InChI=1S/C38H39ClN4O3/c39-20-19-34(28-6-2-1-3-7-28)37(30-11-15-33(44)16-12-30)29-9-13-32(14-10-29)43-23-21-42(22-24-43)26-27-5-4-8-31(25-27)40-35-17-18-36(45)41-38(35)46/h1-16,25,35,40,44H,17-24,26H2,(H,41,45,46). The highest BCUT2D eigenvalue weighted by atomic mass is 35.5. The summed E-state index contributed by atoms with van der Waals surface area (Å²) in [4.78, 5) is 28.5. The van der Waals surface area contributed by atoms with E-state index in [1.165, 1.54) is 16.8 Å². The lowest BCUT2D eigenvalue weighted by atomic mass is 9.88. The molecule has 0 spiro atoms. The number of imide groups is 1. The van der Waals surface area contributed by atoms with Crippen LogP contribution in [0.1, 0.15) is 41.5 Å². The highest BCUT2D eigenvalue weighted by Gasteiger charge is 2.26. The van der Waals surface area contributed by atoms with Crippen molar-refractivity contribution >= 4 is 45.9 Å². The van der Waals surface area contributed by atoms with Crippen LogP contribution in [0.5, 0.6) is 5.75 Å². The van der Waals surface area contributed by atoms with Crippen molar-refractivity contribution in [3.8, 4) is 5.75 Å². The van der Waals surface area contributed by atoms with Crippen LogP contribution in [-0.4, -0.2) is 59.9 Å². The number of carbonyl (C=O) groups is 2. The van der Waals surface area contributed by atoms with Crippen molar-refractivity contribution in [2.24, 2.45) is 0 Å². The Morgan fingerprint density at radius 3 is 2.20 bits per heavy atom. The van der Waals surface area contributed by atoms with E-state index in [0.29, 0.717) is 18.7 Å². The number of piperazine rings is 1. The lowest BCUT2D eigenvalue weighted by molar-refractivity contribution is -0.133. The number of carbonyl (C=O) groups excluding carboxylic acids is 2. The monoisotopic (exact) mass is 634 g/mol. The Hall–Kier alpha value is -4.59. The molecule has 2 aliphatic rings. The summed E-state index contributed by atoms with van der Waals surface area (Å²) in [6.45, 7) is 4.57. The van der Waals surface area contributed by atoms with Gasteiger partial charge in [-0.1, -0.05) is 66.7 Å². The van der Waals surface area contributed by atoms with E-state index in [1.54, 1.807) is 12.1 Å². The van der Waals surface area contributed by atoms with Gasteiger partial charge in [-0.3, -0.25) is 19.8 Å². The molecule has 8 heteroatoms. The summed E-state index contributed by atoms with van der Waals surface area (Å²) in [6.07, 6.45) is 1.59. The smallest absolute Gasteiger partial charge is 0.249 e. The van der Waals surface area contributed by atoms with Crippen LogP contribution in [0.2, 0.25) is 0 Å². The molecule has 2 aliphatic heterocycles. The van der Waals surface area contributed by atoms with E-state index in [9.17, 15) is 14.7 Å². The number of phenolic OH excluding ortho intramolecular Hbond substituents is 1. The Kier molecular flexibility index (Phi) is 10.0. The third-order valence-electron chi connectivity index (χ3n) is 8.73. The Morgan fingerprint density at radius 1 is 0.826 bits per heavy atom. The van der Waals surface area contributed by atoms with Crippen LogP contribution >= 0.6 is 11.6 Å². The maximum absolute atomic E-state index is 12.2. The van der Waals surface area contributed by atoms with Crippen LogP contribution in [0.4, 0.5) is 11.4 Å². The molecule has 4 aromatic rings. The van der Waals surface area contributed by atoms with Gasteiger partial charge < -0.3 is 15.3 Å². The molecule has 1 atom stereocenters. The van der Waals surface area contributed by atoms with E-state index in [4.69, 9.17) is 11.6 Å². The molecule has 0 aromatic heterocycles. The number of nitrogens with zero attached hydrogens (tertiary/aromatic N) is 2. The minimum atomic E-state index is -0.388. The molecule has 3 N–H and O–H groups in total. The van der Waals surface area contributed by atoms with E-state index in [0.717, 1.165) is 67.1 Å². The number of rotatable bonds is 10. The average Bonchev–Trinajstić information content (AvgIpc) is 3.08. The molecule has 2 fully saturated rings. The first-order valence-corrected chi connectivity index (χ1v) is 16.4. The second kappa shape index (κ2) is 14.7. The third-order valence-corrected chi connectivity index (χ3v) is 8.92. The predicted molar refractivity (Wildman–Crippen MR) is 186 cm³/mol. The topological polar surface area (TPSA) is 84.9 Å². The second-order valence-corrected chi connectivity index (χ2v) is 12.2. The summed E-state index contributed by atoms with van der Waals surface area (Å²) < 4.78 is 0. The molecule has 7 nitrogen and oxygen atoms in total. The van der Waals surface area contributed by atoms with Crippen LogP contribution in [0.3, 0.4) is 0 Å². The summed E-state index contributed by atoms with van der Waals surface area (Å²) in [5, 5.41) is 15.7. The van der Waals surface area contributed by atoms with Gasteiger partial charge >= 0.3 is 0 Å². The normalized spacial score (nSPS) is 17.8. The second-order valence-electron chi connectivity index (χ2n) is 11.9. The first-order valence-electron chi connectivity index (χ1n) is 15.9. The Balaban J connectivity index is 1.13. The molecular formula is C38H39ClN4O3. The molecular weight excluding hydrogens is 596 g/mol. The quantitative estimate of drug-likeness (QED) is 0.105. The summed E-state index contributed by atoms with van der Waals surface area (Å²) in [7, 11) is 0. The fraction of sp³-hybridized carbons (Fsp3) is 0.263. The highest BCUT2D eigenvalue weighted by Crippen LogP contribution is 2.36. The highest BCUT2D eigenvalue weighted by molar-refractivity contribution is 6.18. The van der Waals surface area contributed by atoms with Gasteiger partial charge in [0.05, 0.1) is 0 Å². The van der Waals surface area contributed by atoms with Gasteiger partial charge in [-0.05, 0) is 82.6 Å². The summed E-state index contributed by atoms with van der Waals surface area (Å²) in [6, 6.07) is 34.4. The Bertz CT molecular complexity index is 1680. The van der Waals surface area contributed by atoms with Crippen LogP contribution in [0, 0.1) is 0 Å². The van der Waals surface area contributed by atoms with Gasteiger partial charge in [0.2, 0.25) is 11.8 Å². The number of hydrogen-bond acceptors (Lipinski definition) is 6. The third kappa shape index (κ3) is 7.61. The molecule has 2 amide bonds. The Labute approximate surface area is 275 Å². The molecule has 46 heavy (non-hydrogen) atoms. The van der Waals surface area contributed by atoms with E-state index < -0.39 is 0 Å². The molecule has 2 saturated heterocycles. The van der Waals surface area contributed by atoms with Crippen molar-refractivity contribution in [2.45, 2.75) is 31.8 Å². The van der Waals surface area contributed by atoms with Crippen molar-refractivity contribution in [2.75, 3.05) is 42.3 Å². The number of aromatic hydroxyl groups is 1. The fourth-order valence-corrected chi connectivity index (χ4v) is 6.53. The lowest BCUT2D eigenvalue weighted by Gasteiger charge is -2.36. The number of anilines is 2. The SMILES string of the molecule is O=C1CCC(Nc2cccc(CN3CCN(c4ccc(C(=C(CCCl)c5ccccc5)c5ccc(O)cc5)cc4)CC3)c2)C(=O)N1. The fourth-order valence-electron chi connectivity index (χ4n) is 6.34. The van der Waals surface area contributed by atoms with Crippen molar-refractivity contribution in [3.05, 3.63) is 125 Å². The van der Waals surface area contributed by atoms with Crippen molar-refractivity contribution in [1.82, 2.24) is 10.2 Å². The van der Waals surface area contributed by atoms with Crippen molar-refractivity contribution in [3.63, 3.8) is 0 Å². The summed E-state index contributed by atoms with van der Waals surface area (Å²) in [5.74, 6) is 0.287. The molecule has 2 heterocycles. The van der Waals surface area contributed by atoms with Crippen LogP contribution in [0.15, 0.2) is 103 Å². The maximum Gasteiger partial charge on any atom is 0.249 e. The number of piperidine rings is 1. The van der Waals surface area contributed by atoms with Gasteiger partial charge in [-0.25, -0.2) is 0 Å². The summed E-state index contributed by atoms with van der Waals surface area (Å²) in [5.41, 5.74) is 8.88. The van der Waals surface area contributed by atoms with Crippen LogP contribution < -0.4 is 15.5 Å². The largest absolute Gasteiger partial charge is 0.508 e. The molecule has 0 radical (unpaired) electrons.